The molecule has 100 valence electrons. The number of amides is 1. The third-order valence-electron chi connectivity index (χ3n) is 2.46. The fourth-order valence-corrected chi connectivity index (χ4v) is 2.08. The highest BCUT2D eigenvalue weighted by atomic mass is 32.1. The third kappa shape index (κ3) is 5.29. The molecular formula is C12H18N2O3S. The first-order valence-corrected chi connectivity index (χ1v) is 6.62. The van der Waals surface area contributed by atoms with Crippen LogP contribution in [0, 0.1) is 0 Å². The molecule has 1 heterocycles. The summed E-state index contributed by atoms with van der Waals surface area (Å²) in [5, 5.41) is 13.5. The molecule has 0 bridgehead atoms. The van der Waals surface area contributed by atoms with E-state index in [-0.39, 0.29) is 25.0 Å². The van der Waals surface area contributed by atoms with Crippen molar-refractivity contribution in [1.29, 1.82) is 0 Å². The van der Waals surface area contributed by atoms with E-state index in [1.165, 1.54) is 0 Å². The number of carboxylic acid groups (broad SMARTS) is 1. The summed E-state index contributed by atoms with van der Waals surface area (Å²) in [5.41, 5.74) is 0. The molecule has 0 fully saturated rings. The van der Waals surface area contributed by atoms with Crippen LogP contribution in [0.2, 0.25) is 0 Å². The Kier molecular flexibility index (Phi) is 5.80. The van der Waals surface area contributed by atoms with Gasteiger partial charge < -0.3 is 10.4 Å². The SMILES string of the molecule is CC(C)N(CC(=O)O)CC(=O)NCc1cccs1. The molecule has 0 saturated carbocycles. The second-order valence-corrected chi connectivity index (χ2v) is 5.28. The van der Waals surface area contributed by atoms with E-state index < -0.39 is 5.97 Å². The lowest BCUT2D eigenvalue weighted by molar-refractivity contribution is -0.139. The van der Waals surface area contributed by atoms with Gasteiger partial charge in [-0.05, 0) is 25.3 Å². The minimum absolute atomic E-state index is 0.0218. The average molecular weight is 270 g/mol. The normalized spacial score (nSPS) is 10.9. The Hall–Kier alpha value is -1.40. The quantitative estimate of drug-likeness (QED) is 0.780. The zero-order valence-corrected chi connectivity index (χ0v) is 11.4. The highest BCUT2D eigenvalue weighted by Crippen LogP contribution is 2.07. The van der Waals surface area contributed by atoms with E-state index >= 15 is 0 Å². The number of rotatable bonds is 7. The van der Waals surface area contributed by atoms with Crippen molar-refractivity contribution < 1.29 is 14.7 Å². The van der Waals surface area contributed by atoms with E-state index in [0.29, 0.717) is 6.54 Å². The minimum Gasteiger partial charge on any atom is -0.480 e. The topological polar surface area (TPSA) is 69.6 Å². The molecule has 0 radical (unpaired) electrons. The number of nitrogens with zero attached hydrogens (tertiary/aromatic N) is 1. The van der Waals surface area contributed by atoms with Gasteiger partial charge in [-0.3, -0.25) is 14.5 Å². The average Bonchev–Trinajstić information content (AvgIpc) is 2.77. The summed E-state index contributed by atoms with van der Waals surface area (Å²) in [5.74, 6) is -1.08. The zero-order chi connectivity index (χ0) is 13.5. The van der Waals surface area contributed by atoms with Gasteiger partial charge in [0, 0.05) is 10.9 Å². The van der Waals surface area contributed by atoms with Crippen molar-refractivity contribution in [2.75, 3.05) is 13.1 Å². The van der Waals surface area contributed by atoms with Crippen molar-refractivity contribution in [2.24, 2.45) is 0 Å². The van der Waals surface area contributed by atoms with Gasteiger partial charge in [0.25, 0.3) is 0 Å². The molecule has 0 aliphatic rings. The molecule has 6 heteroatoms. The molecule has 5 nitrogen and oxygen atoms in total. The summed E-state index contributed by atoms with van der Waals surface area (Å²) in [7, 11) is 0. The summed E-state index contributed by atoms with van der Waals surface area (Å²) in [4.78, 5) is 25.1. The lowest BCUT2D eigenvalue weighted by Crippen LogP contribution is -2.43. The van der Waals surface area contributed by atoms with Crippen molar-refractivity contribution in [3.8, 4) is 0 Å². The Morgan fingerprint density at radius 2 is 2.17 bits per heavy atom. The number of hydrogen-bond acceptors (Lipinski definition) is 4. The maximum Gasteiger partial charge on any atom is 0.317 e. The molecule has 0 aromatic carbocycles. The van der Waals surface area contributed by atoms with Crippen LogP contribution in [-0.4, -0.2) is 41.0 Å². The third-order valence-corrected chi connectivity index (χ3v) is 3.33. The van der Waals surface area contributed by atoms with Gasteiger partial charge in [0.1, 0.15) is 0 Å². The summed E-state index contributed by atoms with van der Waals surface area (Å²) in [6, 6.07) is 3.90. The Labute approximate surface area is 110 Å². The van der Waals surface area contributed by atoms with Crippen molar-refractivity contribution in [1.82, 2.24) is 10.2 Å². The maximum atomic E-state index is 11.7. The van der Waals surface area contributed by atoms with Crippen molar-refractivity contribution in [3.05, 3.63) is 22.4 Å². The minimum atomic E-state index is -0.922. The van der Waals surface area contributed by atoms with Crippen LogP contribution in [0.4, 0.5) is 0 Å². The van der Waals surface area contributed by atoms with Crippen LogP contribution < -0.4 is 5.32 Å². The first-order valence-electron chi connectivity index (χ1n) is 5.74. The Bertz CT molecular complexity index is 390. The number of carboxylic acids is 1. The maximum absolute atomic E-state index is 11.7. The van der Waals surface area contributed by atoms with Crippen molar-refractivity contribution in [2.45, 2.75) is 26.4 Å². The summed E-state index contributed by atoms with van der Waals surface area (Å²) in [6.45, 7) is 4.22. The summed E-state index contributed by atoms with van der Waals surface area (Å²) in [6.07, 6.45) is 0. The van der Waals surface area contributed by atoms with Gasteiger partial charge in [-0.25, -0.2) is 0 Å². The molecule has 1 aromatic heterocycles. The largest absolute Gasteiger partial charge is 0.480 e. The monoisotopic (exact) mass is 270 g/mol. The first kappa shape index (κ1) is 14.7. The van der Waals surface area contributed by atoms with Crippen molar-refractivity contribution >= 4 is 23.2 Å². The number of thiophene rings is 1. The molecule has 2 N–H and O–H groups in total. The number of hydrogen-bond donors (Lipinski definition) is 2. The fourth-order valence-electron chi connectivity index (χ4n) is 1.43. The second kappa shape index (κ2) is 7.13. The fraction of sp³-hybridized carbons (Fsp3) is 0.500. The highest BCUT2D eigenvalue weighted by Gasteiger charge is 2.16. The van der Waals surface area contributed by atoms with Crippen LogP contribution in [-0.2, 0) is 16.1 Å². The Morgan fingerprint density at radius 1 is 1.44 bits per heavy atom. The molecular weight excluding hydrogens is 252 g/mol. The summed E-state index contributed by atoms with van der Waals surface area (Å²) >= 11 is 1.58. The number of nitrogens with one attached hydrogen (secondary N) is 1. The highest BCUT2D eigenvalue weighted by molar-refractivity contribution is 7.09. The molecule has 0 atom stereocenters. The van der Waals surface area contributed by atoms with E-state index in [1.54, 1.807) is 16.2 Å². The van der Waals surface area contributed by atoms with Crippen LogP contribution >= 0.6 is 11.3 Å². The zero-order valence-electron chi connectivity index (χ0n) is 10.5. The summed E-state index contributed by atoms with van der Waals surface area (Å²) < 4.78 is 0. The number of carbonyl (C=O) groups excluding carboxylic acids is 1. The van der Waals surface area contributed by atoms with Crippen molar-refractivity contribution in [3.63, 3.8) is 0 Å². The van der Waals surface area contributed by atoms with E-state index in [2.05, 4.69) is 5.32 Å². The molecule has 18 heavy (non-hydrogen) atoms. The van der Waals surface area contributed by atoms with Gasteiger partial charge in [0.05, 0.1) is 19.6 Å². The number of aliphatic carboxylic acids is 1. The Morgan fingerprint density at radius 3 is 2.67 bits per heavy atom. The molecule has 0 aliphatic heterocycles. The van der Waals surface area contributed by atoms with Gasteiger partial charge in [0.15, 0.2) is 0 Å². The van der Waals surface area contributed by atoms with Gasteiger partial charge in [0.2, 0.25) is 5.91 Å². The van der Waals surface area contributed by atoms with E-state index in [4.69, 9.17) is 5.11 Å². The first-order chi connectivity index (χ1) is 8.49. The van der Waals surface area contributed by atoms with Crippen LogP contribution in [0.15, 0.2) is 17.5 Å². The lowest BCUT2D eigenvalue weighted by Gasteiger charge is -2.23. The predicted octanol–water partition coefficient (Wildman–Crippen LogP) is 1.16. The molecule has 0 unspecified atom stereocenters. The van der Waals surface area contributed by atoms with Gasteiger partial charge in [-0.1, -0.05) is 6.07 Å². The van der Waals surface area contributed by atoms with Crippen LogP contribution in [0.1, 0.15) is 18.7 Å². The molecule has 1 aromatic rings. The van der Waals surface area contributed by atoms with Gasteiger partial charge >= 0.3 is 5.97 Å². The Balaban J connectivity index is 2.38. The van der Waals surface area contributed by atoms with E-state index in [9.17, 15) is 9.59 Å². The molecule has 0 aliphatic carbocycles. The second-order valence-electron chi connectivity index (χ2n) is 4.25. The van der Waals surface area contributed by atoms with E-state index in [1.807, 2.05) is 31.4 Å². The smallest absolute Gasteiger partial charge is 0.317 e. The molecule has 1 amide bonds. The lowest BCUT2D eigenvalue weighted by atomic mass is 10.3. The van der Waals surface area contributed by atoms with Gasteiger partial charge in [-0.2, -0.15) is 0 Å². The predicted molar refractivity (Wildman–Crippen MR) is 70.5 cm³/mol. The standard InChI is InChI=1S/C12H18N2O3S/c1-9(2)14(8-12(16)17)7-11(15)13-6-10-4-3-5-18-10/h3-5,9H,6-8H2,1-2H3,(H,13,15)(H,16,17). The van der Waals surface area contributed by atoms with Gasteiger partial charge in [-0.15, -0.1) is 11.3 Å². The van der Waals surface area contributed by atoms with Crippen LogP contribution in [0.25, 0.3) is 0 Å². The van der Waals surface area contributed by atoms with E-state index in [0.717, 1.165) is 4.88 Å². The molecule has 0 spiro atoms. The molecule has 1 rings (SSSR count). The number of carbonyl (C=O) groups is 2. The van der Waals surface area contributed by atoms with Crippen LogP contribution in [0.5, 0.6) is 0 Å². The van der Waals surface area contributed by atoms with Crippen LogP contribution in [0.3, 0.4) is 0 Å². The molecule has 0 saturated heterocycles.